The molecular formula is C33H38F3N4O3+. The zero-order valence-corrected chi connectivity index (χ0v) is 25.5. The number of carbonyl (C=O) groups is 2. The third kappa shape index (κ3) is 5.60. The van der Waals surface area contributed by atoms with Crippen LogP contribution < -0.4 is 9.80 Å². The first-order chi connectivity index (χ1) is 20.1. The molecule has 0 N–H and O–H groups in total. The zero-order chi connectivity index (χ0) is 31.3. The third-order valence-corrected chi connectivity index (χ3v) is 9.18. The van der Waals surface area contributed by atoms with E-state index in [1.165, 1.54) is 6.92 Å². The number of amides is 1. The highest BCUT2D eigenvalue weighted by molar-refractivity contribution is 6.11. The number of benzene rings is 2. The van der Waals surface area contributed by atoms with Gasteiger partial charge in [0.25, 0.3) is 0 Å². The Morgan fingerprint density at radius 2 is 1.77 bits per heavy atom. The van der Waals surface area contributed by atoms with E-state index in [0.29, 0.717) is 41.1 Å². The number of aryl methyl sites for hydroxylation is 2. The van der Waals surface area contributed by atoms with Crippen molar-refractivity contribution in [2.24, 2.45) is 0 Å². The smallest absolute Gasteiger partial charge is 0.415 e. The Hall–Kier alpha value is -3.92. The van der Waals surface area contributed by atoms with Crippen LogP contribution in [0.25, 0.3) is 11.1 Å². The van der Waals surface area contributed by atoms with Crippen LogP contribution in [0.1, 0.15) is 43.0 Å². The van der Waals surface area contributed by atoms with Gasteiger partial charge in [-0.05, 0) is 62.6 Å². The molecule has 0 spiro atoms. The fourth-order valence-electron chi connectivity index (χ4n) is 6.17. The Morgan fingerprint density at radius 3 is 2.37 bits per heavy atom. The number of quaternary nitrogens is 1. The van der Waals surface area contributed by atoms with E-state index in [1.807, 2.05) is 44.2 Å². The molecule has 5 rings (SSSR count). The topological polar surface area (TPSA) is 62.7 Å². The molecule has 2 aromatic carbocycles. The largest absolute Gasteiger partial charge is 0.416 e. The van der Waals surface area contributed by atoms with Crippen LogP contribution in [0.4, 0.5) is 24.7 Å². The van der Waals surface area contributed by atoms with Crippen LogP contribution in [0.2, 0.25) is 0 Å². The van der Waals surface area contributed by atoms with Gasteiger partial charge in [0, 0.05) is 12.5 Å². The van der Waals surface area contributed by atoms with Crippen molar-refractivity contribution < 1.29 is 32.0 Å². The Balaban J connectivity index is 1.49. The van der Waals surface area contributed by atoms with Gasteiger partial charge in [0.05, 0.1) is 62.1 Å². The molecule has 2 saturated heterocycles. The van der Waals surface area contributed by atoms with Gasteiger partial charge in [0.15, 0.2) is 0 Å². The molecule has 2 unspecified atom stereocenters. The van der Waals surface area contributed by atoms with Crippen molar-refractivity contribution in [3.63, 3.8) is 0 Å². The molecule has 2 atom stereocenters. The third-order valence-electron chi connectivity index (χ3n) is 9.18. The molecule has 1 aromatic heterocycles. The molecule has 0 saturated carbocycles. The minimum atomic E-state index is -4.50. The van der Waals surface area contributed by atoms with Crippen LogP contribution in [0, 0.1) is 13.8 Å². The molecular weight excluding hydrogens is 557 g/mol. The quantitative estimate of drug-likeness (QED) is 0.203. The summed E-state index contributed by atoms with van der Waals surface area (Å²) in [6.45, 7) is 11.9. The fourth-order valence-corrected chi connectivity index (χ4v) is 6.17. The second-order valence-electron chi connectivity index (χ2n) is 12.3. The predicted molar refractivity (Wildman–Crippen MR) is 160 cm³/mol. The molecule has 1 amide bonds. The molecule has 2 aliphatic heterocycles. The second kappa shape index (κ2) is 11.0. The van der Waals surface area contributed by atoms with Crippen molar-refractivity contribution in [1.82, 2.24) is 4.98 Å². The summed E-state index contributed by atoms with van der Waals surface area (Å²) in [6.07, 6.45) is -2.79. The molecule has 2 fully saturated rings. The molecule has 7 nitrogen and oxygen atoms in total. The molecule has 10 heteroatoms. The molecule has 3 heterocycles. The number of esters is 1. The molecule has 228 valence electrons. The van der Waals surface area contributed by atoms with Crippen molar-refractivity contribution in [3.05, 3.63) is 77.0 Å². The number of pyridine rings is 1. The van der Waals surface area contributed by atoms with Crippen LogP contribution in [-0.2, 0) is 25.9 Å². The number of β-lactam (4-membered cyclic amide) rings is 1. The average molecular weight is 596 g/mol. The van der Waals surface area contributed by atoms with Gasteiger partial charge in [-0.1, -0.05) is 35.9 Å². The highest BCUT2D eigenvalue weighted by atomic mass is 19.4. The molecule has 0 radical (unpaired) electrons. The van der Waals surface area contributed by atoms with Crippen LogP contribution in [0.15, 0.2) is 54.7 Å². The van der Waals surface area contributed by atoms with Gasteiger partial charge in [0.2, 0.25) is 12.6 Å². The van der Waals surface area contributed by atoms with Gasteiger partial charge in [-0.15, -0.1) is 0 Å². The number of hydrogen-bond acceptors (Lipinski definition) is 5. The number of nitrogens with zero attached hydrogens (tertiary/aromatic N) is 4. The van der Waals surface area contributed by atoms with Crippen molar-refractivity contribution in [3.8, 4) is 11.1 Å². The van der Waals surface area contributed by atoms with Gasteiger partial charge in [0.1, 0.15) is 5.82 Å². The summed E-state index contributed by atoms with van der Waals surface area (Å²) in [4.78, 5) is 34.0. The SMILES string of the molecule is CC(=O)OC[N+]1(C)CCN(c2cc(-c3ccccc3C)c(N3C(=O)C(C)(c4cc(C)cc(C(F)(F)F)c4)C3C)cn2)CC1. The van der Waals surface area contributed by atoms with Gasteiger partial charge < -0.3 is 14.5 Å². The number of carbonyl (C=O) groups excluding carboxylic acids is 2. The van der Waals surface area contributed by atoms with Crippen molar-refractivity contribution in [2.75, 3.05) is 49.8 Å². The monoisotopic (exact) mass is 595 g/mol. The molecule has 43 heavy (non-hydrogen) atoms. The van der Waals surface area contributed by atoms with Crippen LogP contribution in [0.3, 0.4) is 0 Å². The van der Waals surface area contributed by atoms with Crippen molar-refractivity contribution >= 4 is 23.4 Å². The average Bonchev–Trinajstić information content (AvgIpc) is 2.96. The highest BCUT2D eigenvalue weighted by Crippen LogP contribution is 2.48. The van der Waals surface area contributed by atoms with Crippen LogP contribution in [-0.4, -0.2) is 67.3 Å². The van der Waals surface area contributed by atoms with Crippen LogP contribution in [0.5, 0.6) is 0 Å². The predicted octanol–water partition coefficient (Wildman–Crippen LogP) is 5.86. The summed E-state index contributed by atoms with van der Waals surface area (Å²) < 4.78 is 46.8. The van der Waals surface area contributed by atoms with Gasteiger partial charge in [-0.3, -0.25) is 14.1 Å². The van der Waals surface area contributed by atoms with E-state index in [4.69, 9.17) is 9.72 Å². The lowest BCUT2D eigenvalue weighted by atomic mass is 9.67. The Morgan fingerprint density at radius 1 is 1.09 bits per heavy atom. The number of halogens is 3. The normalized spacial score (nSPS) is 21.9. The minimum absolute atomic E-state index is 0.264. The first kappa shape index (κ1) is 30.5. The van der Waals surface area contributed by atoms with Gasteiger partial charge in [-0.25, -0.2) is 4.98 Å². The first-order valence-corrected chi connectivity index (χ1v) is 14.4. The number of anilines is 2. The molecule has 3 aromatic rings. The molecule has 2 aliphatic rings. The number of alkyl halides is 3. The number of rotatable bonds is 6. The lowest BCUT2D eigenvalue weighted by Gasteiger charge is -2.54. The van der Waals surface area contributed by atoms with E-state index in [2.05, 4.69) is 11.9 Å². The Labute approximate surface area is 250 Å². The Bertz CT molecular complexity index is 1570. The number of hydrogen-bond donors (Lipinski definition) is 0. The standard InChI is InChI=1S/C33H38F3N4O3/c1-21-15-25(17-26(16-21)33(34,35)36)32(5)23(3)39(31(32)42)29-19-37-30(18-28(29)27-10-8-7-9-22(27)2)38-11-13-40(6,14-12-38)20-43-24(4)41/h7-10,15-19,23H,11-14,20H2,1-6H3/q+1. The van der Waals surface area contributed by atoms with E-state index in [1.54, 1.807) is 31.0 Å². The van der Waals surface area contributed by atoms with Gasteiger partial charge >= 0.3 is 12.1 Å². The summed E-state index contributed by atoms with van der Waals surface area (Å²) in [6, 6.07) is 13.4. The lowest BCUT2D eigenvalue weighted by molar-refractivity contribution is -0.926. The summed E-state index contributed by atoms with van der Waals surface area (Å²) in [5, 5.41) is 0. The van der Waals surface area contributed by atoms with Crippen LogP contribution >= 0.6 is 0 Å². The maximum atomic E-state index is 14.0. The number of piperazine rings is 1. The Kier molecular flexibility index (Phi) is 7.79. The summed E-state index contributed by atoms with van der Waals surface area (Å²) in [5.74, 6) is 0.216. The summed E-state index contributed by atoms with van der Waals surface area (Å²) >= 11 is 0. The number of likely N-dealkylation sites (N-methyl/N-ethyl adjacent to an activating group) is 1. The first-order valence-electron chi connectivity index (χ1n) is 14.4. The van der Waals surface area contributed by atoms with E-state index in [-0.39, 0.29) is 11.9 Å². The summed E-state index contributed by atoms with van der Waals surface area (Å²) in [5.41, 5.74) is 2.40. The molecule has 0 aliphatic carbocycles. The minimum Gasteiger partial charge on any atom is -0.415 e. The van der Waals surface area contributed by atoms with Crippen molar-refractivity contribution in [2.45, 2.75) is 52.3 Å². The second-order valence-corrected chi connectivity index (χ2v) is 12.3. The number of ether oxygens (including phenoxy) is 1. The number of aromatic nitrogens is 1. The van der Waals surface area contributed by atoms with E-state index in [9.17, 15) is 22.8 Å². The lowest BCUT2D eigenvalue weighted by Crippen LogP contribution is -2.69. The van der Waals surface area contributed by atoms with E-state index < -0.39 is 23.2 Å². The maximum absolute atomic E-state index is 14.0. The zero-order valence-electron chi connectivity index (χ0n) is 25.5. The molecule has 0 bridgehead atoms. The summed E-state index contributed by atoms with van der Waals surface area (Å²) in [7, 11) is 2.06. The van der Waals surface area contributed by atoms with E-state index >= 15 is 0 Å². The maximum Gasteiger partial charge on any atom is 0.416 e. The highest BCUT2D eigenvalue weighted by Gasteiger charge is 2.57. The van der Waals surface area contributed by atoms with Gasteiger partial charge in [-0.2, -0.15) is 13.2 Å². The van der Waals surface area contributed by atoms with Crippen molar-refractivity contribution in [1.29, 1.82) is 0 Å². The van der Waals surface area contributed by atoms with E-state index in [0.717, 1.165) is 47.7 Å². The fraction of sp³-hybridized carbons (Fsp3) is 0.424.